The van der Waals surface area contributed by atoms with Crippen LogP contribution in [0.4, 0.5) is 5.00 Å². The molecule has 4 rings (SSSR count). The first-order valence-electron chi connectivity index (χ1n) is 8.23. The molecule has 1 aliphatic carbocycles. The van der Waals surface area contributed by atoms with Crippen LogP contribution in [0.3, 0.4) is 0 Å². The lowest BCUT2D eigenvalue weighted by molar-refractivity contribution is -0.121. The van der Waals surface area contributed by atoms with E-state index in [0.717, 1.165) is 44.1 Å². The molecule has 0 spiro atoms. The fourth-order valence-electron chi connectivity index (χ4n) is 4.08. The number of ether oxygens (including phenoxy) is 2. The Labute approximate surface area is 139 Å². The monoisotopic (exact) mass is 332 g/mol. The molecule has 2 fully saturated rings. The number of hydrogen-bond donors (Lipinski definition) is 1. The van der Waals surface area contributed by atoms with Gasteiger partial charge >= 0.3 is 0 Å². The van der Waals surface area contributed by atoms with E-state index in [-0.39, 0.29) is 30.1 Å². The molecule has 0 saturated carbocycles. The van der Waals surface area contributed by atoms with Gasteiger partial charge in [-0.2, -0.15) is 5.26 Å². The van der Waals surface area contributed by atoms with Gasteiger partial charge in [-0.15, -0.1) is 11.3 Å². The normalized spacial score (nSPS) is 31.7. The summed E-state index contributed by atoms with van der Waals surface area (Å²) in [5.74, 6) is -0.0540. The van der Waals surface area contributed by atoms with Crippen molar-refractivity contribution in [2.24, 2.45) is 5.92 Å². The largest absolute Gasteiger partial charge is 0.381 e. The second-order valence-corrected chi connectivity index (χ2v) is 7.73. The molecule has 2 aliphatic heterocycles. The van der Waals surface area contributed by atoms with Crippen molar-refractivity contribution in [2.75, 3.05) is 12.4 Å². The van der Waals surface area contributed by atoms with Gasteiger partial charge in [0.05, 0.1) is 29.8 Å². The van der Waals surface area contributed by atoms with Crippen LogP contribution in [0.15, 0.2) is 0 Å². The van der Waals surface area contributed by atoms with E-state index >= 15 is 0 Å². The van der Waals surface area contributed by atoms with Crippen molar-refractivity contribution in [1.29, 1.82) is 5.26 Å². The van der Waals surface area contributed by atoms with Crippen LogP contribution in [0.5, 0.6) is 0 Å². The molecule has 1 amide bonds. The van der Waals surface area contributed by atoms with Gasteiger partial charge in [0.25, 0.3) is 0 Å². The minimum absolute atomic E-state index is 0.00980. The maximum Gasteiger partial charge on any atom is 0.230 e. The smallest absolute Gasteiger partial charge is 0.230 e. The fourth-order valence-corrected chi connectivity index (χ4v) is 5.35. The average molecular weight is 332 g/mol. The number of methoxy groups -OCH3 is 1. The lowest BCUT2D eigenvalue weighted by Crippen LogP contribution is -2.30. The molecule has 6 heteroatoms. The Bertz CT molecular complexity index is 678. The zero-order valence-corrected chi connectivity index (χ0v) is 13.9. The number of hydrogen-bond acceptors (Lipinski definition) is 5. The van der Waals surface area contributed by atoms with Crippen molar-refractivity contribution >= 4 is 22.2 Å². The molecular formula is C17H20N2O3S. The van der Waals surface area contributed by atoms with Crippen molar-refractivity contribution in [3.8, 4) is 6.07 Å². The predicted molar refractivity (Wildman–Crippen MR) is 86.5 cm³/mol. The third kappa shape index (κ3) is 2.57. The Hall–Kier alpha value is -1.42. The van der Waals surface area contributed by atoms with E-state index < -0.39 is 0 Å². The lowest BCUT2D eigenvalue weighted by Gasteiger charge is -2.20. The molecule has 2 saturated heterocycles. The van der Waals surface area contributed by atoms with Crippen LogP contribution in [-0.4, -0.2) is 31.3 Å². The molecular weight excluding hydrogens is 312 g/mol. The predicted octanol–water partition coefficient (Wildman–Crippen LogP) is 2.63. The average Bonchev–Trinajstić information content (AvgIpc) is 3.27. The van der Waals surface area contributed by atoms with E-state index in [1.165, 1.54) is 16.2 Å². The van der Waals surface area contributed by atoms with E-state index in [9.17, 15) is 10.1 Å². The molecule has 1 aromatic heterocycles. The van der Waals surface area contributed by atoms with Gasteiger partial charge in [-0.3, -0.25) is 4.79 Å². The van der Waals surface area contributed by atoms with E-state index in [1.54, 1.807) is 7.11 Å². The van der Waals surface area contributed by atoms with Crippen LogP contribution in [0.1, 0.15) is 41.7 Å². The summed E-state index contributed by atoms with van der Waals surface area (Å²) in [5, 5.41) is 13.2. The molecule has 1 N–H and O–H groups in total. The Morgan fingerprint density at radius 3 is 2.96 bits per heavy atom. The van der Waals surface area contributed by atoms with Gasteiger partial charge in [0.1, 0.15) is 11.1 Å². The molecule has 3 aliphatic rings. The van der Waals surface area contributed by atoms with E-state index in [0.29, 0.717) is 10.6 Å². The number of nitrogens with zero attached hydrogens (tertiary/aromatic N) is 1. The number of carbonyl (C=O) groups excluding carboxylic acids is 1. The molecule has 122 valence electrons. The third-order valence-corrected chi connectivity index (χ3v) is 6.51. The van der Waals surface area contributed by atoms with Crippen LogP contribution in [0, 0.1) is 17.2 Å². The van der Waals surface area contributed by atoms with Crippen LogP contribution >= 0.6 is 11.3 Å². The van der Waals surface area contributed by atoms with E-state index in [1.807, 2.05) is 0 Å². The molecule has 23 heavy (non-hydrogen) atoms. The number of anilines is 1. The maximum atomic E-state index is 12.6. The summed E-state index contributed by atoms with van der Waals surface area (Å²) in [5.41, 5.74) is 1.75. The minimum Gasteiger partial charge on any atom is -0.381 e. The fraction of sp³-hybridized carbons (Fsp3) is 0.647. The van der Waals surface area contributed by atoms with Crippen LogP contribution < -0.4 is 5.32 Å². The molecule has 0 radical (unpaired) electrons. The van der Waals surface area contributed by atoms with Crippen LogP contribution in [0.2, 0.25) is 0 Å². The maximum absolute atomic E-state index is 12.6. The molecule has 0 aromatic carbocycles. The highest BCUT2D eigenvalue weighted by atomic mass is 32.1. The SMILES string of the molecule is COC1CCc2c(sc(NC(=O)[C@@H]3C[C@H]4CC[C@@H]3O4)c2C#N)C1. The van der Waals surface area contributed by atoms with Crippen molar-refractivity contribution in [2.45, 2.75) is 56.8 Å². The highest BCUT2D eigenvalue weighted by Crippen LogP contribution is 2.41. The number of nitriles is 1. The van der Waals surface area contributed by atoms with Gasteiger partial charge in [0.2, 0.25) is 5.91 Å². The summed E-state index contributed by atoms with van der Waals surface area (Å²) in [4.78, 5) is 13.8. The highest BCUT2D eigenvalue weighted by Gasteiger charge is 2.44. The van der Waals surface area contributed by atoms with Crippen molar-refractivity contribution in [3.05, 3.63) is 16.0 Å². The number of fused-ring (bicyclic) bond motifs is 3. The topological polar surface area (TPSA) is 71.3 Å². The highest BCUT2D eigenvalue weighted by molar-refractivity contribution is 7.16. The van der Waals surface area contributed by atoms with E-state index in [2.05, 4.69) is 11.4 Å². The van der Waals surface area contributed by atoms with Gasteiger partial charge in [-0.25, -0.2) is 0 Å². The standard InChI is InChI=1S/C17H20N2O3S/c1-21-9-2-4-11-13(8-18)17(23-15(11)7-9)19-16(20)12-6-10-3-5-14(12)22-10/h9-10,12,14H,2-7H2,1H3,(H,19,20)/t9?,10-,12-,14+/m1/s1. The van der Waals surface area contributed by atoms with Gasteiger partial charge in [-0.1, -0.05) is 0 Å². The van der Waals surface area contributed by atoms with Crippen LogP contribution in [-0.2, 0) is 27.1 Å². The van der Waals surface area contributed by atoms with Gasteiger partial charge in [0, 0.05) is 18.4 Å². The number of nitrogens with one attached hydrogen (secondary N) is 1. The number of carbonyl (C=O) groups is 1. The zero-order valence-electron chi connectivity index (χ0n) is 13.1. The number of thiophene rings is 1. The van der Waals surface area contributed by atoms with Crippen molar-refractivity contribution in [3.63, 3.8) is 0 Å². The summed E-state index contributed by atoms with van der Waals surface area (Å²) in [6.45, 7) is 0. The Balaban J connectivity index is 1.54. The molecule has 5 nitrogen and oxygen atoms in total. The molecule has 4 atom stereocenters. The van der Waals surface area contributed by atoms with Crippen molar-refractivity contribution in [1.82, 2.24) is 0 Å². The summed E-state index contributed by atoms with van der Waals surface area (Å²) in [6.07, 6.45) is 6.02. The van der Waals surface area contributed by atoms with Crippen LogP contribution in [0.25, 0.3) is 0 Å². The lowest BCUT2D eigenvalue weighted by atomic mass is 9.88. The summed E-state index contributed by atoms with van der Waals surface area (Å²) < 4.78 is 11.2. The summed E-state index contributed by atoms with van der Waals surface area (Å²) >= 11 is 1.54. The second-order valence-electron chi connectivity index (χ2n) is 6.63. The molecule has 1 unspecified atom stereocenters. The second kappa shape index (κ2) is 5.90. The van der Waals surface area contributed by atoms with Gasteiger partial charge < -0.3 is 14.8 Å². The number of amides is 1. The van der Waals surface area contributed by atoms with Gasteiger partial charge in [0.15, 0.2) is 0 Å². The zero-order chi connectivity index (χ0) is 16.0. The first-order chi connectivity index (χ1) is 11.2. The first-order valence-corrected chi connectivity index (χ1v) is 9.05. The first kappa shape index (κ1) is 15.1. The summed E-state index contributed by atoms with van der Waals surface area (Å²) in [7, 11) is 1.73. The number of rotatable bonds is 3. The van der Waals surface area contributed by atoms with Crippen molar-refractivity contribution < 1.29 is 14.3 Å². The Kier molecular flexibility index (Phi) is 3.88. The van der Waals surface area contributed by atoms with E-state index in [4.69, 9.17) is 9.47 Å². The Morgan fingerprint density at radius 2 is 2.30 bits per heavy atom. The molecule has 2 bridgehead atoms. The molecule has 1 aromatic rings. The quantitative estimate of drug-likeness (QED) is 0.923. The third-order valence-electron chi connectivity index (χ3n) is 5.34. The summed E-state index contributed by atoms with van der Waals surface area (Å²) in [6, 6.07) is 2.29. The Morgan fingerprint density at radius 1 is 1.43 bits per heavy atom. The van der Waals surface area contributed by atoms with Gasteiger partial charge in [-0.05, 0) is 37.7 Å². The molecule has 3 heterocycles. The minimum atomic E-state index is -0.0638.